The van der Waals surface area contributed by atoms with Crippen LogP contribution in [0.15, 0.2) is 11.4 Å². The zero-order valence-electron chi connectivity index (χ0n) is 9.65. The second-order valence-electron chi connectivity index (χ2n) is 4.12. The van der Waals surface area contributed by atoms with Gasteiger partial charge in [0, 0.05) is 19.3 Å². The first-order chi connectivity index (χ1) is 7.81. The van der Waals surface area contributed by atoms with Crippen molar-refractivity contribution >= 4 is 23.4 Å². The molecule has 0 spiro atoms. The van der Waals surface area contributed by atoms with Crippen LogP contribution in [0.2, 0.25) is 0 Å². The summed E-state index contributed by atoms with van der Waals surface area (Å²) in [5, 5.41) is 1.08. The summed E-state index contributed by atoms with van der Waals surface area (Å²) in [5.74, 6) is 1.66. The molecule has 0 atom stereocenters. The lowest BCUT2D eigenvalue weighted by atomic mass is 10.4. The fourth-order valence-electron chi connectivity index (χ4n) is 1.96. The minimum Gasteiger partial charge on any atom is -0.325 e. The van der Waals surface area contributed by atoms with Gasteiger partial charge in [-0.05, 0) is 25.9 Å². The summed E-state index contributed by atoms with van der Waals surface area (Å²) in [6.45, 7) is 3.72. The Balaban J connectivity index is 1.78. The number of alkyl halides is 1. The molecule has 0 unspecified atom stereocenters. The molecule has 1 aromatic heterocycles. The average Bonchev–Trinajstić information content (AvgIpc) is 2.90. The predicted molar refractivity (Wildman–Crippen MR) is 69.2 cm³/mol. The molecular formula is C11H18ClN3S. The van der Waals surface area contributed by atoms with Crippen molar-refractivity contribution in [1.29, 1.82) is 0 Å². The number of hydrogen-bond donors (Lipinski definition) is 0. The maximum absolute atomic E-state index is 5.80. The van der Waals surface area contributed by atoms with Gasteiger partial charge in [0.1, 0.15) is 0 Å². The molecule has 2 rings (SSSR count). The molecular weight excluding hydrogens is 242 g/mol. The molecule has 3 nitrogen and oxygen atoms in total. The smallest absolute Gasteiger partial charge is 0.167 e. The van der Waals surface area contributed by atoms with E-state index in [1.165, 1.54) is 32.5 Å². The first-order valence-electron chi connectivity index (χ1n) is 5.73. The van der Waals surface area contributed by atoms with Gasteiger partial charge < -0.3 is 9.47 Å². The molecule has 90 valence electrons. The number of halogens is 1. The summed E-state index contributed by atoms with van der Waals surface area (Å²) in [6, 6.07) is 0. The topological polar surface area (TPSA) is 21.1 Å². The molecule has 0 saturated carbocycles. The third kappa shape index (κ3) is 2.93. The Morgan fingerprint density at radius 1 is 1.44 bits per heavy atom. The molecule has 1 saturated heterocycles. The average molecular weight is 260 g/mol. The van der Waals surface area contributed by atoms with Gasteiger partial charge in [-0.15, -0.1) is 11.6 Å². The highest BCUT2D eigenvalue weighted by Gasteiger charge is 2.12. The Morgan fingerprint density at radius 2 is 2.19 bits per heavy atom. The summed E-state index contributed by atoms with van der Waals surface area (Å²) in [6.07, 6.45) is 4.60. The highest BCUT2D eigenvalue weighted by atomic mass is 35.5. The Hall–Kier alpha value is -0.190. The first kappa shape index (κ1) is 12.3. The Bertz CT molecular complexity index is 334. The molecule has 2 heterocycles. The van der Waals surface area contributed by atoms with Gasteiger partial charge in [-0.2, -0.15) is 0 Å². The van der Waals surface area contributed by atoms with E-state index in [1.807, 2.05) is 25.0 Å². The fourth-order valence-corrected chi connectivity index (χ4v) is 3.17. The summed E-state index contributed by atoms with van der Waals surface area (Å²) < 4.78 is 2.08. The van der Waals surface area contributed by atoms with Gasteiger partial charge in [0.15, 0.2) is 5.16 Å². The number of likely N-dealkylation sites (tertiary alicyclic amines) is 1. The third-order valence-corrected chi connectivity index (χ3v) is 4.31. The number of nitrogens with zero attached hydrogens (tertiary/aromatic N) is 3. The van der Waals surface area contributed by atoms with E-state index < -0.39 is 0 Å². The second kappa shape index (κ2) is 5.94. The van der Waals surface area contributed by atoms with Crippen LogP contribution in [0, 0.1) is 0 Å². The molecule has 16 heavy (non-hydrogen) atoms. The zero-order chi connectivity index (χ0) is 11.4. The van der Waals surface area contributed by atoms with Crippen molar-refractivity contribution in [2.75, 3.05) is 25.4 Å². The van der Waals surface area contributed by atoms with Crippen LogP contribution in [0.4, 0.5) is 0 Å². The maximum Gasteiger partial charge on any atom is 0.167 e. The van der Waals surface area contributed by atoms with Gasteiger partial charge in [0.2, 0.25) is 0 Å². The van der Waals surface area contributed by atoms with Crippen molar-refractivity contribution in [3.05, 3.63) is 11.9 Å². The fraction of sp³-hybridized carbons (Fsp3) is 0.727. The monoisotopic (exact) mass is 259 g/mol. The van der Waals surface area contributed by atoms with Crippen LogP contribution >= 0.6 is 23.4 Å². The summed E-state index contributed by atoms with van der Waals surface area (Å²) in [4.78, 5) is 6.90. The van der Waals surface area contributed by atoms with Crippen LogP contribution < -0.4 is 0 Å². The molecule has 0 bridgehead atoms. The lowest BCUT2D eigenvalue weighted by Crippen LogP contribution is -2.22. The third-order valence-electron chi connectivity index (χ3n) is 3.02. The van der Waals surface area contributed by atoms with Gasteiger partial charge >= 0.3 is 0 Å². The van der Waals surface area contributed by atoms with E-state index in [0.29, 0.717) is 5.88 Å². The normalized spacial score (nSPS) is 17.1. The van der Waals surface area contributed by atoms with Gasteiger partial charge in [-0.1, -0.05) is 11.8 Å². The van der Waals surface area contributed by atoms with Crippen LogP contribution in [-0.4, -0.2) is 39.8 Å². The van der Waals surface area contributed by atoms with Crippen molar-refractivity contribution in [2.24, 2.45) is 7.05 Å². The number of thioether (sulfide) groups is 1. The second-order valence-corrected chi connectivity index (χ2v) is 5.45. The van der Waals surface area contributed by atoms with Gasteiger partial charge in [-0.3, -0.25) is 0 Å². The van der Waals surface area contributed by atoms with Gasteiger partial charge in [0.05, 0.1) is 17.8 Å². The SMILES string of the molecule is Cn1c(CCl)cnc1SCCN1CCCC1. The Morgan fingerprint density at radius 3 is 2.81 bits per heavy atom. The van der Waals surface area contributed by atoms with Gasteiger partial charge in [0.25, 0.3) is 0 Å². The Kier molecular flexibility index (Phi) is 4.55. The highest BCUT2D eigenvalue weighted by molar-refractivity contribution is 7.99. The lowest BCUT2D eigenvalue weighted by Gasteiger charge is -2.13. The zero-order valence-corrected chi connectivity index (χ0v) is 11.2. The summed E-state index contributed by atoms with van der Waals surface area (Å²) in [7, 11) is 2.03. The van der Waals surface area contributed by atoms with E-state index >= 15 is 0 Å². The molecule has 0 N–H and O–H groups in total. The van der Waals surface area contributed by atoms with Crippen molar-refractivity contribution in [1.82, 2.24) is 14.5 Å². The van der Waals surface area contributed by atoms with Crippen molar-refractivity contribution in [2.45, 2.75) is 23.9 Å². The Labute approximate surface area is 106 Å². The first-order valence-corrected chi connectivity index (χ1v) is 7.25. The largest absolute Gasteiger partial charge is 0.325 e. The van der Waals surface area contributed by atoms with Gasteiger partial charge in [-0.25, -0.2) is 4.98 Å². The molecule has 1 aliphatic rings. The molecule has 1 aliphatic heterocycles. The molecule has 1 aromatic rings. The van der Waals surface area contributed by atoms with E-state index in [-0.39, 0.29) is 0 Å². The summed E-state index contributed by atoms with van der Waals surface area (Å²) >= 11 is 7.63. The number of imidazole rings is 1. The maximum atomic E-state index is 5.80. The minimum atomic E-state index is 0.538. The molecule has 5 heteroatoms. The highest BCUT2D eigenvalue weighted by Crippen LogP contribution is 2.19. The predicted octanol–water partition coefficient (Wildman–Crippen LogP) is 2.35. The van der Waals surface area contributed by atoms with Crippen LogP contribution in [-0.2, 0) is 12.9 Å². The summed E-state index contributed by atoms with van der Waals surface area (Å²) in [5.41, 5.74) is 1.09. The van der Waals surface area contributed by atoms with Crippen molar-refractivity contribution in [3.63, 3.8) is 0 Å². The van der Waals surface area contributed by atoms with Crippen molar-refractivity contribution < 1.29 is 0 Å². The van der Waals surface area contributed by atoms with Crippen LogP contribution in [0.1, 0.15) is 18.5 Å². The van der Waals surface area contributed by atoms with Crippen LogP contribution in [0.25, 0.3) is 0 Å². The molecule has 0 amide bonds. The van der Waals surface area contributed by atoms with Crippen molar-refractivity contribution in [3.8, 4) is 0 Å². The molecule has 0 radical (unpaired) electrons. The molecule has 0 aliphatic carbocycles. The number of hydrogen-bond acceptors (Lipinski definition) is 3. The van der Waals surface area contributed by atoms with E-state index in [0.717, 1.165) is 16.6 Å². The standard InChI is InChI=1S/C11H18ClN3S/c1-14-10(8-12)9-13-11(14)16-7-6-15-4-2-3-5-15/h9H,2-8H2,1H3. The molecule has 1 fully saturated rings. The van der Waals surface area contributed by atoms with Crippen LogP contribution in [0.3, 0.4) is 0 Å². The van der Waals surface area contributed by atoms with E-state index in [1.54, 1.807) is 0 Å². The quantitative estimate of drug-likeness (QED) is 0.598. The van der Waals surface area contributed by atoms with E-state index in [4.69, 9.17) is 11.6 Å². The molecule has 0 aromatic carbocycles. The minimum absolute atomic E-state index is 0.538. The van der Waals surface area contributed by atoms with Crippen LogP contribution in [0.5, 0.6) is 0 Å². The number of aromatic nitrogens is 2. The number of rotatable bonds is 5. The van der Waals surface area contributed by atoms with E-state index in [2.05, 4.69) is 14.5 Å². The van der Waals surface area contributed by atoms with E-state index in [9.17, 15) is 0 Å². The lowest BCUT2D eigenvalue weighted by molar-refractivity contribution is 0.362.